The fourth-order valence-corrected chi connectivity index (χ4v) is 1.01. The first-order valence-corrected chi connectivity index (χ1v) is 5.15. The van der Waals surface area contributed by atoms with E-state index in [1.807, 2.05) is 0 Å². The van der Waals surface area contributed by atoms with Gasteiger partial charge >= 0.3 is 11.9 Å². The molecule has 1 saturated heterocycles. The third-order valence-corrected chi connectivity index (χ3v) is 1.74. The fraction of sp³-hybridized carbons (Fsp3) is 0.636. The second kappa shape index (κ2) is 9.24. The van der Waals surface area contributed by atoms with Crippen molar-refractivity contribution in [3.05, 3.63) is 12.7 Å². The van der Waals surface area contributed by atoms with Gasteiger partial charge in [-0.15, -0.1) is 0 Å². The Bertz CT molecular complexity index is 201. The highest BCUT2D eigenvalue weighted by Crippen LogP contribution is 2.06. The molecule has 1 rings (SSSR count). The molecule has 0 unspecified atom stereocenters. The Morgan fingerprint density at radius 2 is 2.27 bits per heavy atom. The van der Waals surface area contributed by atoms with E-state index in [-0.39, 0.29) is 11.9 Å². The van der Waals surface area contributed by atoms with E-state index in [2.05, 4.69) is 11.3 Å². The molecule has 0 aromatic rings. The molecule has 0 atom stereocenters. The van der Waals surface area contributed by atoms with Gasteiger partial charge < -0.3 is 9.47 Å². The van der Waals surface area contributed by atoms with Gasteiger partial charge in [0.05, 0.1) is 13.2 Å². The molecule has 15 heavy (non-hydrogen) atoms. The van der Waals surface area contributed by atoms with Crippen molar-refractivity contribution in [1.29, 1.82) is 0 Å². The van der Waals surface area contributed by atoms with E-state index in [9.17, 15) is 9.59 Å². The first-order chi connectivity index (χ1) is 7.20. The summed E-state index contributed by atoms with van der Waals surface area (Å²) in [5.74, 6) is -0.384. The van der Waals surface area contributed by atoms with Gasteiger partial charge in [-0.25, -0.2) is 4.79 Å². The molecule has 0 aromatic carbocycles. The van der Waals surface area contributed by atoms with Crippen LogP contribution in [0.3, 0.4) is 0 Å². The number of ether oxygens (including phenoxy) is 2. The lowest BCUT2D eigenvalue weighted by Gasteiger charge is -1.93. The van der Waals surface area contributed by atoms with Crippen LogP contribution in [0, 0.1) is 0 Å². The highest BCUT2D eigenvalue weighted by Gasteiger charge is 2.05. The number of hydrogen-bond acceptors (Lipinski definition) is 4. The third kappa shape index (κ3) is 9.00. The lowest BCUT2D eigenvalue weighted by molar-refractivity contribution is -0.142. The Labute approximate surface area is 90.2 Å². The predicted octanol–water partition coefficient (Wildman–Crippen LogP) is 1.84. The van der Waals surface area contributed by atoms with Crippen molar-refractivity contribution >= 4 is 11.9 Å². The van der Waals surface area contributed by atoms with E-state index in [4.69, 9.17) is 4.74 Å². The van der Waals surface area contributed by atoms with Gasteiger partial charge in [-0.2, -0.15) is 0 Å². The number of hydrogen-bond donors (Lipinski definition) is 0. The van der Waals surface area contributed by atoms with Crippen molar-refractivity contribution in [2.75, 3.05) is 13.2 Å². The molecule has 0 spiro atoms. The Kier molecular flexibility index (Phi) is 8.43. The maximum atomic E-state index is 10.5. The number of carbonyl (C=O) groups excluding carboxylic acids is 2. The van der Waals surface area contributed by atoms with Crippen LogP contribution in [0.1, 0.15) is 32.6 Å². The Morgan fingerprint density at radius 1 is 1.53 bits per heavy atom. The van der Waals surface area contributed by atoms with Crippen molar-refractivity contribution in [3.8, 4) is 0 Å². The minimum absolute atomic E-state index is 0.0255. The molecule has 0 N–H and O–H groups in total. The molecule has 0 radical (unpaired) electrons. The smallest absolute Gasteiger partial charge is 0.330 e. The average Bonchev–Trinajstić information content (AvgIpc) is 2.47. The van der Waals surface area contributed by atoms with Crippen LogP contribution >= 0.6 is 0 Å². The zero-order valence-corrected chi connectivity index (χ0v) is 9.16. The SMILES string of the molecule is C=CC(=O)OCC.O=C1CCCCCO1. The average molecular weight is 214 g/mol. The maximum Gasteiger partial charge on any atom is 0.330 e. The first-order valence-electron chi connectivity index (χ1n) is 5.15. The van der Waals surface area contributed by atoms with Crippen LogP contribution in [-0.4, -0.2) is 25.2 Å². The monoisotopic (exact) mass is 214 g/mol. The Hall–Kier alpha value is -1.32. The summed E-state index contributed by atoms with van der Waals surface area (Å²) in [6, 6.07) is 0. The summed E-state index contributed by atoms with van der Waals surface area (Å²) < 4.78 is 9.20. The highest BCUT2D eigenvalue weighted by atomic mass is 16.5. The van der Waals surface area contributed by atoms with Gasteiger partial charge in [0.25, 0.3) is 0 Å². The van der Waals surface area contributed by atoms with Gasteiger partial charge in [0.15, 0.2) is 0 Å². The van der Waals surface area contributed by atoms with E-state index < -0.39 is 0 Å². The largest absolute Gasteiger partial charge is 0.466 e. The second-order valence-corrected chi connectivity index (χ2v) is 2.99. The molecule has 4 heteroatoms. The van der Waals surface area contributed by atoms with Gasteiger partial charge in [-0.3, -0.25) is 4.79 Å². The molecular weight excluding hydrogens is 196 g/mol. The summed E-state index contributed by atoms with van der Waals surface area (Å²) in [6.07, 6.45) is 4.97. The zero-order valence-electron chi connectivity index (χ0n) is 9.16. The lowest BCUT2D eigenvalue weighted by atomic mass is 10.2. The number of rotatable bonds is 2. The van der Waals surface area contributed by atoms with Gasteiger partial charge in [0.1, 0.15) is 0 Å². The zero-order chi connectivity index (χ0) is 11.5. The van der Waals surface area contributed by atoms with Crippen molar-refractivity contribution < 1.29 is 19.1 Å². The summed E-state index contributed by atoms with van der Waals surface area (Å²) in [6.45, 7) is 6.02. The van der Waals surface area contributed by atoms with Crippen molar-refractivity contribution in [3.63, 3.8) is 0 Å². The molecule has 0 amide bonds. The molecule has 4 nitrogen and oxygen atoms in total. The van der Waals surface area contributed by atoms with Crippen molar-refractivity contribution in [2.45, 2.75) is 32.6 Å². The topological polar surface area (TPSA) is 52.6 Å². The van der Waals surface area contributed by atoms with Crippen LogP contribution in [0.4, 0.5) is 0 Å². The maximum absolute atomic E-state index is 10.5. The summed E-state index contributed by atoms with van der Waals surface area (Å²) in [5, 5.41) is 0. The summed E-state index contributed by atoms with van der Waals surface area (Å²) >= 11 is 0. The van der Waals surface area contributed by atoms with Crippen LogP contribution in [0.15, 0.2) is 12.7 Å². The number of cyclic esters (lactones) is 1. The first kappa shape index (κ1) is 13.7. The highest BCUT2D eigenvalue weighted by molar-refractivity contribution is 5.81. The second-order valence-electron chi connectivity index (χ2n) is 2.99. The number of esters is 2. The molecule has 0 aliphatic carbocycles. The van der Waals surface area contributed by atoms with Crippen molar-refractivity contribution in [1.82, 2.24) is 0 Å². The molecule has 0 aromatic heterocycles. The van der Waals surface area contributed by atoms with Crippen LogP contribution in [0.2, 0.25) is 0 Å². The molecule has 86 valence electrons. The third-order valence-electron chi connectivity index (χ3n) is 1.74. The van der Waals surface area contributed by atoms with Gasteiger partial charge in [0, 0.05) is 12.5 Å². The predicted molar refractivity (Wildman–Crippen MR) is 56.3 cm³/mol. The van der Waals surface area contributed by atoms with Gasteiger partial charge in [-0.1, -0.05) is 6.58 Å². The molecule has 1 aliphatic heterocycles. The van der Waals surface area contributed by atoms with E-state index in [1.165, 1.54) is 0 Å². The Morgan fingerprint density at radius 3 is 2.80 bits per heavy atom. The lowest BCUT2D eigenvalue weighted by Crippen LogP contribution is -2.00. The van der Waals surface area contributed by atoms with Crippen LogP contribution < -0.4 is 0 Å². The van der Waals surface area contributed by atoms with E-state index >= 15 is 0 Å². The van der Waals surface area contributed by atoms with Crippen LogP contribution in [0.25, 0.3) is 0 Å². The van der Waals surface area contributed by atoms with E-state index in [0.29, 0.717) is 19.6 Å². The Balaban J connectivity index is 0.000000265. The molecule has 1 aliphatic rings. The van der Waals surface area contributed by atoms with Crippen molar-refractivity contribution in [2.24, 2.45) is 0 Å². The minimum Gasteiger partial charge on any atom is -0.466 e. The summed E-state index contributed by atoms with van der Waals surface area (Å²) in [4.78, 5) is 20.5. The van der Waals surface area contributed by atoms with Gasteiger partial charge in [-0.05, 0) is 26.2 Å². The van der Waals surface area contributed by atoms with Crippen LogP contribution in [-0.2, 0) is 19.1 Å². The summed E-state index contributed by atoms with van der Waals surface area (Å²) in [5.41, 5.74) is 0. The van der Waals surface area contributed by atoms with E-state index in [0.717, 1.165) is 25.3 Å². The number of carbonyl (C=O) groups is 2. The minimum atomic E-state index is -0.359. The van der Waals surface area contributed by atoms with Crippen LogP contribution in [0.5, 0.6) is 0 Å². The molecule has 1 heterocycles. The standard InChI is InChI=1S/C6H10O2.C5H8O2/c7-6-4-2-1-3-5-8-6;1-3-5(6)7-4-2/h1-5H2;3H,1,4H2,2H3. The fourth-order valence-electron chi connectivity index (χ4n) is 1.01. The normalized spacial score (nSPS) is 15.1. The van der Waals surface area contributed by atoms with E-state index in [1.54, 1.807) is 6.92 Å². The summed E-state index contributed by atoms with van der Waals surface area (Å²) in [7, 11) is 0. The quantitative estimate of drug-likeness (QED) is 0.520. The molecular formula is C11H18O4. The molecule has 0 bridgehead atoms. The van der Waals surface area contributed by atoms with Gasteiger partial charge in [0.2, 0.25) is 0 Å². The molecule has 0 saturated carbocycles. The molecule has 1 fully saturated rings.